The summed E-state index contributed by atoms with van der Waals surface area (Å²) in [5, 5.41) is 6.38. The minimum absolute atomic E-state index is 0.178. The Labute approximate surface area is 109 Å². The van der Waals surface area contributed by atoms with Crippen LogP contribution < -0.4 is 10.6 Å². The van der Waals surface area contributed by atoms with Crippen molar-refractivity contribution in [3.05, 3.63) is 0 Å². The summed E-state index contributed by atoms with van der Waals surface area (Å²) >= 11 is 1.93. The molecular weight excluding hydrogens is 234 g/mol. The van der Waals surface area contributed by atoms with Crippen LogP contribution in [0.25, 0.3) is 0 Å². The van der Waals surface area contributed by atoms with E-state index >= 15 is 0 Å². The van der Waals surface area contributed by atoms with Gasteiger partial charge in [0.05, 0.1) is 0 Å². The molecule has 1 aliphatic rings. The summed E-state index contributed by atoms with van der Waals surface area (Å²) in [6, 6.07) is 0.363. The highest BCUT2D eigenvalue weighted by molar-refractivity contribution is 7.99. The van der Waals surface area contributed by atoms with Crippen LogP contribution in [0.1, 0.15) is 20.3 Å². The number of likely N-dealkylation sites (N-methyl/N-ethyl adjacent to an activating group) is 1. The molecule has 1 rings (SSSR count). The fraction of sp³-hybridized carbons (Fsp3) is 0.917. The van der Waals surface area contributed by atoms with E-state index < -0.39 is 0 Å². The SMILES string of the molecule is CCN(CC)CCNC(=O)CC1CSCCN1. The van der Waals surface area contributed by atoms with Crippen molar-refractivity contribution in [3.8, 4) is 0 Å². The molecule has 4 nitrogen and oxygen atoms in total. The van der Waals surface area contributed by atoms with Crippen LogP contribution in [0, 0.1) is 0 Å². The maximum absolute atomic E-state index is 11.7. The number of hydrogen-bond acceptors (Lipinski definition) is 4. The van der Waals surface area contributed by atoms with Crippen molar-refractivity contribution >= 4 is 17.7 Å². The van der Waals surface area contributed by atoms with Crippen molar-refractivity contribution in [3.63, 3.8) is 0 Å². The molecule has 0 aromatic rings. The van der Waals surface area contributed by atoms with Crippen LogP contribution in [-0.4, -0.2) is 61.1 Å². The van der Waals surface area contributed by atoms with E-state index in [1.807, 2.05) is 11.8 Å². The smallest absolute Gasteiger partial charge is 0.221 e. The van der Waals surface area contributed by atoms with Crippen LogP contribution in [0.15, 0.2) is 0 Å². The minimum Gasteiger partial charge on any atom is -0.355 e. The van der Waals surface area contributed by atoms with Crippen LogP contribution in [0.5, 0.6) is 0 Å². The maximum Gasteiger partial charge on any atom is 0.221 e. The standard InChI is InChI=1S/C12H25N3OS/c1-3-15(4-2)7-5-14-12(16)9-11-10-17-8-6-13-11/h11,13H,3-10H2,1-2H3,(H,14,16). The normalized spacial score (nSPS) is 20.5. The molecule has 17 heavy (non-hydrogen) atoms. The molecule has 1 heterocycles. The van der Waals surface area contributed by atoms with Gasteiger partial charge >= 0.3 is 0 Å². The van der Waals surface area contributed by atoms with Crippen LogP contribution in [0.2, 0.25) is 0 Å². The number of rotatable bonds is 7. The zero-order chi connectivity index (χ0) is 12.5. The average Bonchev–Trinajstić information content (AvgIpc) is 2.36. The van der Waals surface area contributed by atoms with Crippen molar-refractivity contribution in [1.29, 1.82) is 0 Å². The van der Waals surface area contributed by atoms with Gasteiger partial charge in [-0.1, -0.05) is 13.8 Å². The van der Waals surface area contributed by atoms with Crippen molar-refractivity contribution in [2.75, 3.05) is 44.2 Å². The predicted octanol–water partition coefficient (Wildman–Crippen LogP) is 0.540. The second-order valence-electron chi connectivity index (χ2n) is 4.31. The van der Waals surface area contributed by atoms with Crippen molar-refractivity contribution in [2.24, 2.45) is 0 Å². The molecule has 0 bridgehead atoms. The average molecular weight is 259 g/mol. The van der Waals surface area contributed by atoms with Crippen LogP contribution in [-0.2, 0) is 4.79 Å². The molecular formula is C12H25N3OS. The van der Waals surface area contributed by atoms with Gasteiger partial charge in [0, 0.05) is 43.6 Å². The van der Waals surface area contributed by atoms with Crippen LogP contribution in [0.3, 0.4) is 0 Å². The predicted molar refractivity (Wildman–Crippen MR) is 74.5 cm³/mol. The van der Waals surface area contributed by atoms with E-state index in [-0.39, 0.29) is 5.91 Å². The molecule has 1 atom stereocenters. The molecule has 0 spiro atoms. The van der Waals surface area contributed by atoms with E-state index in [4.69, 9.17) is 0 Å². The molecule has 100 valence electrons. The summed E-state index contributed by atoms with van der Waals surface area (Å²) in [5.74, 6) is 2.40. The summed E-state index contributed by atoms with van der Waals surface area (Å²) in [5.41, 5.74) is 0. The Hall–Kier alpha value is -0.260. The van der Waals surface area contributed by atoms with Gasteiger partial charge in [-0.05, 0) is 13.1 Å². The van der Waals surface area contributed by atoms with Crippen molar-refractivity contribution < 1.29 is 4.79 Å². The number of thioether (sulfide) groups is 1. The quantitative estimate of drug-likeness (QED) is 0.700. The summed E-state index contributed by atoms with van der Waals surface area (Å²) < 4.78 is 0. The van der Waals surface area contributed by atoms with Gasteiger partial charge in [-0.15, -0.1) is 0 Å². The van der Waals surface area contributed by atoms with Crippen molar-refractivity contribution in [2.45, 2.75) is 26.3 Å². The number of hydrogen-bond donors (Lipinski definition) is 2. The zero-order valence-corrected chi connectivity index (χ0v) is 11.8. The topological polar surface area (TPSA) is 44.4 Å². The third kappa shape index (κ3) is 6.29. The van der Waals surface area contributed by atoms with Gasteiger partial charge in [-0.25, -0.2) is 0 Å². The maximum atomic E-state index is 11.7. The number of carbonyl (C=O) groups is 1. The highest BCUT2D eigenvalue weighted by atomic mass is 32.2. The Kier molecular flexibility index (Phi) is 7.64. The molecule has 1 aliphatic heterocycles. The molecule has 1 saturated heterocycles. The summed E-state index contributed by atoms with van der Waals surface area (Å²) in [6.45, 7) is 9.14. The third-order valence-electron chi connectivity index (χ3n) is 3.07. The number of nitrogens with one attached hydrogen (secondary N) is 2. The van der Waals surface area contributed by atoms with E-state index in [0.29, 0.717) is 12.5 Å². The Bertz CT molecular complexity index is 216. The molecule has 1 unspecified atom stereocenters. The van der Waals surface area contributed by atoms with Gasteiger partial charge in [0.15, 0.2) is 0 Å². The van der Waals surface area contributed by atoms with E-state index in [9.17, 15) is 4.79 Å². The lowest BCUT2D eigenvalue weighted by Gasteiger charge is -2.23. The fourth-order valence-corrected chi connectivity index (χ4v) is 2.89. The van der Waals surface area contributed by atoms with Gasteiger partial charge in [-0.3, -0.25) is 4.79 Å². The number of amides is 1. The Balaban J connectivity index is 2.07. The molecule has 0 radical (unpaired) electrons. The fourth-order valence-electron chi connectivity index (χ4n) is 1.94. The van der Waals surface area contributed by atoms with E-state index in [1.165, 1.54) is 5.75 Å². The van der Waals surface area contributed by atoms with Crippen LogP contribution >= 0.6 is 11.8 Å². The molecule has 0 aromatic carbocycles. The molecule has 0 aromatic heterocycles. The number of carbonyl (C=O) groups excluding carboxylic acids is 1. The molecule has 1 amide bonds. The largest absolute Gasteiger partial charge is 0.355 e. The lowest BCUT2D eigenvalue weighted by Crippen LogP contribution is -2.42. The highest BCUT2D eigenvalue weighted by Crippen LogP contribution is 2.09. The molecule has 0 saturated carbocycles. The van der Waals surface area contributed by atoms with E-state index in [1.54, 1.807) is 0 Å². The van der Waals surface area contributed by atoms with Gasteiger partial charge in [0.25, 0.3) is 0 Å². The first kappa shape index (κ1) is 14.8. The van der Waals surface area contributed by atoms with Crippen molar-refractivity contribution in [1.82, 2.24) is 15.5 Å². The summed E-state index contributed by atoms with van der Waals surface area (Å²) in [6.07, 6.45) is 0.616. The van der Waals surface area contributed by atoms with E-state index in [0.717, 1.165) is 38.5 Å². The molecule has 5 heteroatoms. The monoisotopic (exact) mass is 259 g/mol. The minimum atomic E-state index is 0.178. The number of nitrogens with zero attached hydrogens (tertiary/aromatic N) is 1. The lowest BCUT2D eigenvalue weighted by molar-refractivity contribution is -0.121. The highest BCUT2D eigenvalue weighted by Gasteiger charge is 2.16. The summed E-state index contributed by atoms with van der Waals surface area (Å²) in [4.78, 5) is 14.0. The zero-order valence-electron chi connectivity index (χ0n) is 11.0. The van der Waals surface area contributed by atoms with E-state index in [2.05, 4.69) is 29.4 Å². The molecule has 1 fully saturated rings. The first-order valence-corrected chi connectivity index (χ1v) is 7.71. The lowest BCUT2D eigenvalue weighted by atomic mass is 10.2. The second kappa shape index (κ2) is 8.78. The first-order valence-electron chi connectivity index (χ1n) is 6.56. The van der Waals surface area contributed by atoms with Gasteiger partial charge in [0.1, 0.15) is 0 Å². The Morgan fingerprint density at radius 3 is 2.82 bits per heavy atom. The molecule has 0 aliphatic carbocycles. The van der Waals surface area contributed by atoms with Crippen LogP contribution in [0.4, 0.5) is 0 Å². The third-order valence-corrected chi connectivity index (χ3v) is 4.21. The summed E-state index contributed by atoms with van der Waals surface area (Å²) in [7, 11) is 0. The van der Waals surface area contributed by atoms with Gasteiger partial charge < -0.3 is 15.5 Å². The first-order chi connectivity index (χ1) is 8.26. The Morgan fingerprint density at radius 1 is 1.47 bits per heavy atom. The molecule has 2 N–H and O–H groups in total. The second-order valence-corrected chi connectivity index (χ2v) is 5.46. The van der Waals surface area contributed by atoms with Gasteiger partial charge in [-0.2, -0.15) is 11.8 Å². The Morgan fingerprint density at radius 2 is 2.24 bits per heavy atom. The van der Waals surface area contributed by atoms with Gasteiger partial charge in [0.2, 0.25) is 5.91 Å².